The highest BCUT2D eigenvalue weighted by Crippen LogP contribution is 2.29. The average Bonchev–Trinajstić information content (AvgIpc) is 2.41. The molecule has 5 heteroatoms. The number of halogens is 2. The Bertz CT molecular complexity index is 481. The predicted molar refractivity (Wildman–Crippen MR) is 76.2 cm³/mol. The van der Waals surface area contributed by atoms with Crippen LogP contribution in [0.3, 0.4) is 0 Å². The normalized spacial score (nSPS) is 22.7. The second-order valence-corrected chi connectivity index (χ2v) is 5.76. The lowest BCUT2D eigenvalue weighted by Crippen LogP contribution is -2.34. The topological polar surface area (TPSA) is 49.3 Å². The van der Waals surface area contributed by atoms with Crippen molar-refractivity contribution in [3.63, 3.8) is 0 Å². The molecule has 3 nitrogen and oxygen atoms in total. The van der Waals surface area contributed by atoms with Gasteiger partial charge >= 0.3 is 5.97 Å². The maximum atomic E-state index is 12.9. The molecule has 0 amide bonds. The number of hydrogen-bond acceptors (Lipinski definition) is 2. The largest absolute Gasteiger partial charge is 0.481 e. The molecule has 2 rings (SSSR count). The van der Waals surface area contributed by atoms with E-state index in [1.165, 1.54) is 12.1 Å². The van der Waals surface area contributed by atoms with Crippen LogP contribution < -0.4 is 5.32 Å². The van der Waals surface area contributed by atoms with Gasteiger partial charge in [0.2, 0.25) is 0 Å². The first-order valence-electron chi connectivity index (χ1n) is 6.95. The second-order valence-electron chi connectivity index (χ2n) is 5.36. The Morgan fingerprint density at radius 3 is 2.85 bits per heavy atom. The number of aliphatic carboxylic acids is 1. The Morgan fingerprint density at radius 2 is 2.15 bits per heavy atom. The van der Waals surface area contributed by atoms with Crippen LogP contribution in [-0.2, 0) is 11.3 Å². The number of rotatable bonds is 5. The van der Waals surface area contributed by atoms with E-state index in [0.717, 1.165) is 31.2 Å². The Labute approximate surface area is 123 Å². The van der Waals surface area contributed by atoms with Crippen LogP contribution in [-0.4, -0.2) is 17.6 Å². The van der Waals surface area contributed by atoms with Gasteiger partial charge in [-0.15, -0.1) is 0 Å². The fourth-order valence-electron chi connectivity index (χ4n) is 2.83. The highest BCUT2D eigenvalue weighted by atomic mass is 35.5. The lowest BCUT2D eigenvalue weighted by Gasteiger charge is -2.28. The number of nitrogens with one attached hydrogen (secondary N) is 1. The van der Waals surface area contributed by atoms with Crippen LogP contribution in [0.25, 0.3) is 0 Å². The zero-order valence-electron chi connectivity index (χ0n) is 11.2. The highest BCUT2D eigenvalue weighted by Gasteiger charge is 2.30. The van der Waals surface area contributed by atoms with Crippen LogP contribution >= 0.6 is 11.6 Å². The van der Waals surface area contributed by atoms with Gasteiger partial charge in [0, 0.05) is 11.6 Å². The minimum Gasteiger partial charge on any atom is -0.481 e. The maximum absolute atomic E-state index is 12.9. The minimum atomic E-state index is -0.698. The molecule has 0 bridgehead atoms. The van der Waals surface area contributed by atoms with Crippen LogP contribution in [0.5, 0.6) is 0 Å². The number of carboxylic acids is 1. The van der Waals surface area contributed by atoms with Gasteiger partial charge in [0.25, 0.3) is 0 Å². The van der Waals surface area contributed by atoms with Gasteiger partial charge in [0.15, 0.2) is 0 Å². The summed E-state index contributed by atoms with van der Waals surface area (Å²) in [4.78, 5) is 11.2. The van der Waals surface area contributed by atoms with Gasteiger partial charge in [-0.2, -0.15) is 0 Å². The Kier molecular flexibility index (Phi) is 5.38. The molecule has 1 saturated carbocycles. The van der Waals surface area contributed by atoms with Crippen LogP contribution in [0.4, 0.5) is 4.39 Å². The SMILES string of the molecule is O=C(O)C1CCCCC1CNCc1ccc(F)cc1Cl. The summed E-state index contributed by atoms with van der Waals surface area (Å²) < 4.78 is 12.9. The molecule has 20 heavy (non-hydrogen) atoms. The summed E-state index contributed by atoms with van der Waals surface area (Å²) in [6, 6.07) is 4.32. The molecule has 0 heterocycles. The predicted octanol–water partition coefficient (Wildman–Crippen LogP) is 3.46. The Balaban J connectivity index is 1.86. The van der Waals surface area contributed by atoms with Crippen molar-refractivity contribution in [2.24, 2.45) is 11.8 Å². The number of hydrogen-bond donors (Lipinski definition) is 2. The fraction of sp³-hybridized carbons (Fsp3) is 0.533. The number of carbonyl (C=O) groups is 1. The molecule has 0 aliphatic heterocycles. The van der Waals surface area contributed by atoms with E-state index in [1.54, 1.807) is 6.07 Å². The van der Waals surface area contributed by atoms with E-state index in [9.17, 15) is 14.3 Å². The van der Waals surface area contributed by atoms with Crippen molar-refractivity contribution < 1.29 is 14.3 Å². The Hall–Kier alpha value is -1.13. The van der Waals surface area contributed by atoms with Crippen LogP contribution in [0, 0.1) is 17.7 Å². The first kappa shape index (κ1) is 15.3. The molecule has 1 aromatic carbocycles. The van der Waals surface area contributed by atoms with Gasteiger partial charge in [-0.1, -0.05) is 30.5 Å². The van der Waals surface area contributed by atoms with Crippen molar-refractivity contribution in [1.29, 1.82) is 0 Å². The van der Waals surface area contributed by atoms with E-state index in [1.807, 2.05) is 0 Å². The average molecular weight is 300 g/mol. The summed E-state index contributed by atoms with van der Waals surface area (Å²) >= 11 is 5.96. The summed E-state index contributed by atoms with van der Waals surface area (Å²) in [5.41, 5.74) is 0.829. The van der Waals surface area contributed by atoms with Crippen molar-refractivity contribution >= 4 is 17.6 Å². The van der Waals surface area contributed by atoms with E-state index in [2.05, 4.69) is 5.32 Å². The van der Waals surface area contributed by atoms with Gasteiger partial charge in [-0.3, -0.25) is 4.79 Å². The third kappa shape index (κ3) is 3.93. The first-order valence-corrected chi connectivity index (χ1v) is 7.33. The lowest BCUT2D eigenvalue weighted by atomic mass is 9.79. The summed E-state index contributed by atoms with van der Waals surface area (Å²) in [6.45, 7) is 1.19. The van der Waals surface area contributed by atoms with Gasteiger partial charge in [-0.25, -0.2) is 4.39 Å². The summed E-state index contributed by atoms with van der Waals surface area (Å²) in [5.74, 6) is -1.13. The van der Waals surface area contributed by atoms with Gasteiger partial charge < -0.3 is 10.4 Å². The molecule has 1 aliphatic carbocycles. The van der Waals surface area contributed by atoms with Crippen LogP contribution in [0.15, 0.2) is 18.2 Å². The van der Waals surface area contributed by atoms with E-state index in [-0.39, 0.29) is 17.7 Å². The number of benzene rings is 1. The van der Waals surface area contributed by atoms with E-state index < -0.39 is 5.97 Å². The molecule has 2 N–H and O–H groups in total. The first-order chi connectivity index (χ1) is 9.58. The maximum Gasteiger partial charge on any atom is 0.306 e. The summed E-state index contributed by atoms with van der Waals surface area (Å²) in [7, 11) is 0. The molecule has 2 atom stereocenters. The van der Waals surface area contributed by atoms with Crippen molar-refractivity contribution in [2.75, 3.05) is 6.54 Å². The molecule has 1 aliphatic rings. The smallest absolute Gasteiger partial charge is 0.306 e. The Morgan fingerprint density at radius 1 is 1.40 bits per heavy atom. The molecule has 0 radical (unpaired) electrons. The van der Waals surface area contributed by atoms with Crippen molar-refractivity contribution in [1.82, 2.24) is 5.32 Å². The molecule has 0 spiro atoms. The van der Waals surface area contributed by atoms with E-state index in [4.69, 9.17) is 11.6 Å². The number of carboxylic acid groups (broad SMARTS) is 1. The molecule has 1 fully saturated rings. The van der Waals surface area contributed by atoms with Gasteiger partial charge in [-0.05, 0) is 43.0 Å². The molecular formula is C15H19ClFNO2. The van der Waals surface area contributed by atoms with Crippen LogP contribution in [0.2, 0.25) is 5.02 Å². The molecule has 2 unspecified atom stereocenters. The van der Waals surface area contributed by atoms with Gasteiger partial charge in [0.05, 0.1) is 5.92 Å². The highest BCUT2D eigenvalue weighted by molar-refractivity contribution is 6.31. The molecule has 110 valence electrons. The fourth-order valence-corrected chi connectivity index (χ4v) is 3.07. The third-order valence-corrected chi connectivity index (χ3v) is 4.32. The molecule has 0 aromatic heterocycles. The van der Waals surface area contributed by atoms with Crippen LogP contribution in [0.1, 0.15) is 31.2 Å². The minimum absolute atomic E-state index is 0.167. The zero-order valence-corrected chi connectivity index (χ0v) is 12.0. The van der Waals surface area contributed by atoms with Crippen molar-refractivity contribution in [3.8, 4) is 0 Å². The molecular weight excluding hydrogens is 281 g/mol. The van der Waals surface area contributed by atoms with E-state index in [0.29, 0.717) is 18.1 Å². The molecule has 1 aromatic rings. The zero-order chi connectivity index (χ0) is 14.5. The van der Waals surface area contributed by atoms with E-state index >= 15 is 0 Å². The van der Waals surface area contributed by atoms with Crippen molar-refractivity contribution in [3.05, 3.63) is 34.6 Å². The van der Waals surface area contributed by atoms with Gasteiger partial charge in [0.1, 0.15) is 5.82 Å². The standard InChI is InChI=1S/C15H19ClFNO2/c16-14-7-12(17)6-5-11(14)9-18-8-10-3-1-2-4-13(10)15(19)20/h5-7,10,13,18H,1-4,8-9H2,(H,19,20). The third-order valence-electron chi connectivity index (χ3n) is 3.96. The lowest BCUT2D eigenvalue weighted by molar-refractivity contribution is -0.144. The quantitative estimate of drug-likeness (QED) is 0.875. The summed E-state index contributed by atoms with van der Waals surface area (Å²) in [6.07, 6.45) is 3.80. The second kappa shape index (κ2) is 7.04. The molecule has 0 saturated heterocycles. The monoisotopic (exact) mass is 299 g/mol. The summed E-state index contributed by atoms with van der Waals surface area (Å²) in [5, 5.41) is 12.9. The van der Waals surface area contributed by atoms with Crippen molar-refractivity contribution in [2.45, 2.75) is 32.2 Å².